The Hall–Kier alpha value is -3.68. The van der Waals surface area contributed by atoms with Gasteiger partial charge in [-0.2, -0.15) is 4.31 Å². The van der Waals surface area contributed by atoms with Crippen LogP contribution in [0.2, 0.25) is 0 Å². The van der Waals surface area contributed by atoms with Crippen LogP contribution in [0.1, 0.15) is 18.1 Å². The van der Waals surface area contributed by atoms with E-state index in [1.165, 1.54) is 10.4 Å². The lowest BCUT2D eigenvalue weighted by atomic mass is 10.1. The molecule has 0 radical (unpaired) electrons. The van der Waals surface area contributed by atoms with Gasteiger partial charge in [0.1, 0.15) is 0 Å². The SMILES string of the molecule is C/C(=N/OCC(=O)OCC(=O)Nc1ccc(C)c(S(=O)(=O)N2CCOCC2)c1)c1ccc2c(c1)OCO2. The van der Waals surface area contributed by atoms with E-state index < -0.39 is 35.1 Å². The second kappa shape index (κ2) is 11.6. The summed E-state index contributed by atoms with van der Waals surface area (Å²) in [6, 6.07) is 9.83. The quantitative estimate of drug-likeness (QED) is 0.289. The number of sulfonamides is 1. The molecular formula is C24H27N3O9S. The molecule has 1 N–H and O–H groups in total. The summed E-state index contributed by atoms with van der Waals surface area (Å²) < 4.78 is 48.1. The lowest BCUT2D eigenvalue weighted by molar-refractivity contribution is -0.151. The van der Waals surface area contributed by atoms with Crippen molar-refractivity contribution in [3.05, 3.63) is 47.5 Å². The molecule has 2 aliphatic heterocycles. The number of amides is 1. The van der Waals surface area contributed by atoms with Crippen molar-refractivity contribution in [2.45, 2.75) is 18.7 Å². The number of rotatable bonds is 9. The summed E-state index contributed by atoms with van der Waals surface area (Å²) in [4.78, 5) is 29.3. The highest BCUT2D eigenvalue weighted by atomic mass is 32.2. The van der Waals surface area contributed by atoms with E-state index in [0.29, 0.717) is 36.0 Å². The number of carbonyl (C=O) groups excluding carboxylic acids is 2. The molecule has 2 aliphatic rings. The third kappa shape index (κ3) is 6.56. The number of hydrogen-bond donors (Lipinski definition) is 1. The van der Waals surface area contributed by atoms with Crippen molar-refractivity contribution in [1.29, 1.82) is 0 Å². The molecule has 13 heteroatoms. The van der Waals surface area contributed by atoms with Crippen LogP contribution in [-0.4, -0.2) is 76.6 Å². The van der Waals surface area contributed by atoms with E-state index in [4.69, 9.17) is 23.8 Å². The minimum absolute atomic E-state index is 0.0910. The van der Waals surface area contributed by atoms with Gasteiger partial charge in [-0.05, 0) is 49.7 Å². The fourth-order valence-corrected chi connectivity index (χ4v) is 5.28. The standard InChI is InChI=1S/C24H27N3O9S/c1-16-3-5-19(12-22(16)37(30,31)27-7-9-32-10-8-27)25-23(28)13-33-24(29)14-36-26-17(2)18-4-6-20-21(11-18)35-15-34-20/h3-6,11-12H,7-10,13-15H2,1-2H3,(H,25,28)/b26-17-. The van der Waals surface area contributed by atoms with E-state index in [1.807, 2.05) is 0 Å². The van der Waals surface area contributed by atoms with Gasteiger partial charge in [0, 0.05) is 24.3 Å². The lowest BCUT2D eigenvalue weighted by Crippen LogP contribution is -2.40. The van der Waals surface area contributed by atoms with Crippen molar-refractivity contribution in [2.75, 3.05) is 51.6 Å². The molecule has 0 saturated carbocycles. The first-order valence-electron chi connectivity index (χ1n) is 11.4. The lowest BCUT2D eigenvalue weighted by Gasteiger charge is -2.26. The summed E-state index contributed by atoms with van der Waals surface area (Å²) in [5.74, 6) is -0.194. The minimum Gasteiger partial charge on any atom is -0.454 e. The average Bonchev–Trinajstić information content (AvgIpc) is 3.37. The summed E-state index contributed by atoms with van der Waals surface area (Å²) in [5.41, 5.74) is 2.04. The molecule has 1 saturated heterocycles. The highest BCUT2D eigenvalue weighted by Crippen LogP contribution is 2.32. The maximum atomic E-state index is 13.0. The molecule has 0 bridgehead atoms. The third-order valence-corrected chi connectivity index (χ3v) is 7.64. The largest absolute Gasteiger partial charge is 0.454 e. The number of benzene rings is 2. The Kier molecular flexibility index (Phi) is 8.26. The van der Waals surface area contributed by atoms with Crippen LogP contribution < -0.4 is 14.8 Å². The number of oxime groups is 1. The van der Waals surface area contributed by atoms with E-state index in [1.54, 1.807) is 44.2 Å². The van der Waals surface area contributed by atoms with Crippen molar-refractivity contribution in [3.8, 4) is 11.5 Å². The zero-order valence-electron chi connectivity index (χ0n) is 20.4. The van der Waals surface area contributed by atoms with Crippen LogP contribution in [0.25, 0.3) is 0 Å². The predicted octanol–water partition coefficient (Wildman–Crippen LogP) is 1.67. The summed E-state index contributed by atoms with van der Waals surface area (Å²) in [5, 5.41) is 6.43. The van der Waals surface area contributed by atoms with Crippen LogP contribution in [0.5, 0.6) is 11.5 Å². The number of ether oxygens (including phenoxy) is 4. The number of fused-ring (bicyclic) bond motifs is 1. The smallest absolute Gasteiger partial charge is 0.347 e. The van der Waals surface area contributed by atoms with Crippen LogP contribution in [0.15, 0.2) is 46.4 Å². The van der Waals surface area contributed by atoms with E-state index in [0.717, 1.165) is 5.56 Å². The fraction of sp³-hybridized carbons (Fsp3) is 0.375. The van der Waals surface area contributed by atoms with Gasteiger partial charge >= 0.3 is 5.97 Å². The van der Waals surface area contributed by atoms with Gasteiger partial charge in [-0.25, -0.2) is 13.2 Å². The first kappa shape index (κ1) is 26.4. The highest BCUT2D eigenvalue weighted by Gasteiger charge is 2.28. The van der Waals surface area contributed by atoms with Gasteiger partial charge < -0.3 is 29.1 Å². The van der Waals surface area contributed by atoms with Gasteiger partial charge in [0.15, 0.2) is 18.1 Å². The average molecular weight is 534 g/mol. The van der Waals surface area contributed by atoms with Crippen molar-refractivity contribution in [2.24, 2.45) is 5.16 Å². The summed E-state index contributed by atoms with van der Waals surface area (Å²) >= 11 is 0. The van der Waals surface area contributed by atoms with Crippen LogP contribution >= 0.6 is 0 Å². The molecular weight excluding hydrogens is 506 g/mol. The minimum atomic E-state index is -3.74. The number of morpholine rings is 1. The van der Waals surface area contributed by atoms with E-state index in [2.05, 4.69) is 10.5 Å². The number of carbonyl (C=O) groups is 2. The Morgan fingerprint density at radius 2 is 1.81 bits per heavy atom. The van der Waals surface area contributed by atoms with E-state index >= 15 is 0 Å². The topological polar surface area (TPSA) is 142 Å². The Balaban J connectivity index is 1.26. The Morgan fingerprint density at radius 3 is 2.59 bits per heavy atom. The van der Waals surface area contributed by atoms with E-state index in [9.17, 15) is 18.0 Å². The van der Waals surface area contributed by atoms with Crippen molar-refractivity contribution in [3.63, 3.8) is 0 Å². The normalized spacial score (nSPS) is 15.8. The van der Waals surface area contributed by atoms with Gasteiger partial charge in [0.25, 0.3) is 5.91 Å². The Morgan fingerprint density at radius 1 is 1.05 bits per heavy atom. The van der Waals surface area contributed by atoms with Gasteiger partial charge in [0.2, 0.25) is 23.4 Å². The molecule has 0 atom stereocenters. The molecule has 0 unspecified atom stereocenters. The van der Waals surface area contributed by atoms with Gasteiger partial charge in [-0.3, -0.25) is 4.79 Å². The molecule has 2 heterocycles. The molecule has 198 valence electrons. The van der Waals surface area contributed by atoms with Crippen molar-refractivity contribution >= 4 is 33.3 Å². The van der Waals surface area contributed by atoms with Crippen LogP contribution in [-0.2, 0) is 33.9 Å². The predicted molar refractivity (Wildman–Crippen MR) is 131 cm³/mol. The van der Waals surface area contributed by atoms with Crippen molar-refractivity contribution in [1.82, 2.24) is 4.31 Å². The van der Waals surface area contributed by atoms with Crippen LogP contribution in [0.4, 0.5) is 5.69 Å². The Bertz CT molecular complexity index is 1300. The zero-order chi connectivity index (χ0) is 26.4. The van der Waals surface area contributed by atoms with Gasteiger partial charge in [-0.1, -0.05) is 11.2 Å². The monoisotopic (exact) mass is 533 g/mol. The number of aryl methyl sites for hydroxylation is 1. The number of nitrogens with one attached hydrogen (secondary N) is 1. The number of esters is 1. The molecule has 12 nitrogen and oxygen atoms in total. The molecule has 1 amide bonds. The third-order valence-electron chi connectivity index (χ3n) is 5.60. The van der Waals surface area contributed by atoms with Crippen molar-refractivity contribution < 1.29 is 41.8 Å². The highest BCUT2D eigenvalue weighted by molar-refractivity contribution is 7.89. The zero-order valence-corrected chi connectivity index (χ0v) is 21.2. The first-order valence-corrected chi connectivity index (χ1v) is 12.9. The number of hydrogen-bond acceptors (Lipinski definition) is 10. The number of nitrogens with zero attached hydrogens (tertiary/aromatic N) is 2. The Labute approximate surface area is 214 Å². The van der Waals surface area contributed by atoms with Gasteiger partial charge in [-0.15, -0.1) is 0 Å². The summed E-state index contributed by atoms with van der Waals surface area (Å²) in [6.45, 7) is 3.63. The molecule has 37 heavy (non-hydrogen) atoms. The van der Waals surface area contributed by atoms with E-state index in [-0.39, 0.29) is 30.5 Å². The summed E-state index contributed by atoms with van der Waals surface area (Å²) in [7, 11) is -3.74. The van der Waals surface area contributed by atoms with Crippen LogP contribution in [0, 0.1) is 6.92 Å². The number of anilines is 1. The molecule has 0 spiro atoms. The summed E-state index contributed by atoms with van der Waals surface area (Å²) in [6.07, 6.45) is 0. The maximum absolute atomic E-state index is 13.0. The van der Waals surface area contributed by atoms with Gasteiger partial charge in [0.05, 0.1) is 23.8 Å². The fourth-order valence-electron chi connectivity index (χ4n) is 3.62. The second-order valence-corrected chi connectivity index (χ2v) is 10.1. The molecule has 2 aromatic carbocycles. The molecule has 4 rings (SSSR count). The molecule has 2 aromatic rings. The molecule has 0 aliphatic carbocycles. The first-order chi connectivity index (χ1) is 17.7. The molecule has 0 aromatic heterocycles. The second-order valence-electron chi connectivity index (χ2n) is 8.22. The van der Waals surface area contributed by atoms with Crippen LogP contribution in [0.3, 0.4) is 0 Å². The maximum Gasteiger partial charge on any atom is 0.347 e. The molecule has 1 fully saturated rings.